The molecule has 0 aliphatic rings. The van der Waals surface area contributed by atoms with Gasteiger partial charge in [0.25, 0.3) is 5.91 Å². The first-order valence-electron chi connectivity index (χ1n) is 5.67. The third-order valence-corrected chi connectivity index (χ3v) is 2.49. The highest BCUT2D eigenvalue weighted by Crippen LogP contribution is 2.10. The molecule has 4 heteroatoms. The minimum atomic E-state index is -2.92. The van der Waals surface area contributed by atoms with Gasteiger partial charge >= 0.3 is 6.43 Å². The zero-order valence-electron chi connectivity index (χ0n) is 10.1. The monoisotopic (exact) mass is 241 g/mol. The van der Waals surface area contributed by atoms with Crippen molar-refractivity contribution in [3.63, 3.8) is 0 Å². The minimum absolute atomic E-state index is 0.247. The quantitative estimate of drug-likeness (QED) is 0.776. The van der Waals surface area contributed by atoms with E-state index in [4.69, 9.17) is 0 Å². The van der Waals surface area contributed by atoms with Crippen molar-refractivity contribution in [3.8, 4) is 0 Å². The maximum Gasteiger partial charge on any atom is 0.315 e. The lowest BCUT2D eigenvalue weighted by Gasteiger charge is -2.21. The van der Waals surface area contributed by atoms with Gasteiger partial charge in [0.1, 0.15) is 0 Å². The normalized spacial score (nSPS) is 10.6. The second kappa shape index (κ2) is 6.33. The first-order chi connectivity index (χ1) is 8.04. The fourth-order valence-electron chi connectivity index (χ4n) is 1.59. The van der Waals surface area contributed by atoms with E-state index < -0.39 is 12.3 Å². The molecule has 0 heterocycles. The summed E-state index contributed by atoms with van der Waals surface area (Å²) in [6.07, 6.45) is -2.25. The summed E-state index contributed by atoms with van der Waals surface area (Å²) < 4.78 is 24.8. The van der Waals surface area contributed by atoms with Gasteiger partial charge in [-0.05, 0) is 18.9 Å². The second-order valence-electron chi connectivity index (χ2n) is 4.05. The van der Waals surface area contributed by atoms with Crippen LogP contribution in [0.3, 0.4) is 0 Å². The smallest absolute Gasteiger partial charge is 0.315 e. The first-order valence-corrected chi connectivity index (χ1v) is 5.67. The molecule has 2 nitrogen and oxygen atoms in total. The number of amides is 1. The number of alkyl halides is 2. The van der Waals surface area contributed by atoms with E-state index in [1.807, 2.05) is 38.1 Å². The molecular formula is C13H17F2NO. The highest BCUT2D eigenvalue weighted by atomic mass is 19.3. The largest absolute Gasteiger partial charge is 0.333 e. The Morgan fingerprint density at radius 2 is 1.88 bits per heavy atom. The molecule has 94 valence electrons. The fourth-order valence-corrected chi connectivity index (χ4v) is 1.59. The van der Waals surface area contributed by atoms with Crippen LogP contribution in [0.15, 0.2) is 24.3 Å². The van der Waals surface area contributed by atoms with Gasteiger partial charge in [0, 0.05) is 13.1 Å². The summed E-state index contributed by atoms with van der Waals surface area (Å²) in [6.45, 7) is 4.42. The lowest BCUT2D eigenvalue weighted by Crippen LogP contribution is -2.35. The van der Waals surface area contributed by atoms with Gasteiger partial charge < -0.3 is 4.90 Å². The molecule has 0 aliphatic heterocycles. The van der Waals surface area contributed by atoms with Gasteiger partial charge in [-0.25, -0.2) is 0 Å². The Kier molecular flexibility index (Phi) is 5.07. The van der Waals surface area contributed by atoms with Crippen molar-refractivity contribution in [2.24, 2.45) is 0 Å². The summed E-state index contributed by atoms with van der Waals surface area (Å²) in [5.41, 5.74) is 1.98. The molecule has 0 atom stereocenters. The summed E-state index contributed by atoms with van der Waals surface area (Å²) in [7, 11) is 0. The molecule has 0 bridgehead atoms. The Morgan fingerprint density at radius 3 is 2.35 bits per heavy atom. The molecule has 0 spiro atoms. The number of halogens is 2. The molecular weight excluding hydrogens is 224 g/mol. The Morgan fingerprint density at radius 1 is 1.29 bits per heavy atom. The van der Waals surface area contributed by atoms with Gasteiger partial charge in [0.15, 0.2) is 0 Å². The van der Waals surface area contributed by atoms with Crippen molar-refractivity contribution in [2.75, 3.05) is 6.54 Å². The molecule has 0 fully saturated rings. The maximum absolute atomic E-state index is 12.4. The van der Waals surface area contributed by atoms with E-state index in [0.717, 1.165) is 11.1 Å². The summed E-state index contributed by atoms with van der Waals surface area (Å²) in [4.78, 5) is 12.5. The van der Waals surface area contributed by atoms with Crippen LogP contribution in [0.4, 0.5) is 8.78 Å². The van der Waals surface area contributed by atoms with E-state index in [9.17, 15) is 13.6 Å². The molecule has 1 aromatic rings. The Balaban J connectivity index is 2.72. The summed E-state index contributed by atoms with van der Waals surface area (Å²) >= 11 is 0. The van der Waals surface area contributed by atoms with E-state index in [-0.39, 0.29) is 6.54 Å². The van der Waals surface area contributed by atoms with Crippen molar-refractivity contribution in [2.45, 2.75) is 33.2 Å². The number of hydrogen-bond acceptors (Lipinski definition) is 1. The van der Waals surface area contributed by atoms with Gasteiger partial charge in [-0.3, -0.25) is 4.79 Å². The Labute approximate surface area is 100 Å². The first kappa shape index (κ1) is 13.6. The average molecular weight is 241 g/mol. The zero-order chi connectivity index (χ0) is 12.8. The molecule has 0 N–H and O–H groups in total. The van der Waals surface area contributed by atoms with Crippen LogP contribution in [0.1, 0.15) is 24.5 Å². The zero-order valence-corrected chi connectivity index (χ0v) is 10.1. The van der Waals surface area contributed by atoms with Crippen LogP contribution in [0.25, 0.3) is 0 Å². The molecule has 17 heavy (non-hydrogen) atoms. The molecule has 0 radical (unpaired) electrons. The third kappa shape index (κ3) is 4.13. The van der Waals surface area contributed by atoms with Crippen molar-refractivity contribution >= 4 is 5.91 Å². The molecule has 1 aromatic carbocycles. The molecule has 0 unspecified atom stereocenters. The lowest BCUT2D eigenvalue weighted by atomic mass is 10.1. The lowest BCUT2D eigenvalue weighted by molar-refractivity contribution is -0.143. The van der Waals surface area contributed by atoms with Crippen molar-refractivity contribution < 1.29 is 13.6 Å². The Hall–Kier alpha value is -1.45. The molecule has 0 aromatic heterocycles. The van der Waals surface area contributed by atoms with Crippen molar-refractivity contribution in [3.05, 3.63) is 35.4 Å². The van der Waals surface area contributed by atoms with Crippen LogP contribution >= 0.6 is 0 Å². The second-order valence-corrected chi connectivity index (χ2v) is 4.05. The number of benzene rings is 1. The topological polar surface area (TPSA) is 20.3 Å². The van der Waals surface area contributed by atoms with Crippen molar-refractivity contribution in [1.82, 2.24) is 4.90 Å². The molecule has 1 amide bonds. The Bertz CT molecular complexity index is 362. The average Bonchev–Trinajstić information content (AvgIpc) is 2.30. The summed E-state index contributed by atoms with van der Waals surface area (Å²) in [6, 6.07) is 7.53. The van der Waals surface area contributed by atoms with Crippen LogP contribution in [0.5, 0.6) is 0 Å². The fraction of sp³-hybridized carbons (Fsp3) is 0.462. The summed E-state index contributed by atoms with van der Waals surface area (Å²) in [5.74, 6) is -1.09. The summed E-state index contributed by atoms with van der Waals surface area (Å²) in [5, 5.41) is 0. The number of aryl methyl sites for hydroxylation is 1. The van der Waals surface area contributed by atoms with Gasteiger partial charge in [-0.15, -0.1) is 0 Å². The van der Waals surface area contributed by atoms with Gasteiger partial charge in [-0.2, -0.15) is 8.78 Å². The van der Waals surface area contributed by atoms with Crippen LogP contribution in [-0.2, 0) is 11.3 Å². The molecule has 0 saturated heterocycles. The number of hydrogen-bond donors (Lipinski definition) is 0. The third-order valence-electron chi connectivity index (χ3n) is 2.49. The standard InChI is InChI=1S/C13H17F2NO/c1-3-8-16(13(17)12(14)15)9-11-6-4-10(2)5-7-11/h4-7,12H,3,8-9H2,1-2H3. The van der Waals surface area contributed by atoms with E-state index in [1.54, 1.807) is 0 Å². The van der Waals surface area contributed by atoms with Gasteiger partial charge in [0.2, 0.25) is 0 Å². The highest BCUT2D eigenvalue weighted by Gasteiger charge is 2.22. The predicted octanol–water partition coefficient (Wildman–Crippen LogP) is 3.00. The van der Waals surface area contributed by atoms with Crippen molar-refractivity contribution in [1.29, 1.82) is 0 Å². The maximum atomic E-state index is 12.4. The molecule has 0 aliphatic carbocycles. The van der Waals surface area contributed by atoms with Gasteiger partial charge in [-0.1, -0.05) is 36.8 Å². The minimum Gasteiger partial charge on any atom is -0.333 e. The predicted molar refractivity (Wildman–Crippen MR) is 62.9 cm³/mol. The number of carbonyl (C=O) groups excluding carboxylic acids is 1. The van der Waals surface area contributed by atoms with Crippen LogP contribution in [0.2, 0.25) is 0 Å². The SMILES string of the molecule is CCCN(Cc1ccc(C)cc1)C(=O)C(F)F. The number of nitrogens with zero attached hydrogens (tertiary/aromatic N) is 1. The highest BCUT2D eigenvalue weighted by molar-refractivity contribution is 5.79. The van der Waals surface area contributed by atoms with E-state index >= 15 is 0 Å². The number of rotatable bonds is 5. The van der Waals surface area contributed by atoms with E-state index in [1.165, 1.54) is 4.90 Å². The van der Waals surface area contributed by atoms with Crippen LogP contribution in [0, 0.1) is 6.92 Å². The molecule has 0 saturated carbocycles. The van der Waals surface area contributed by atoms with Crippen LogP contribution < -0.4 is 0 Å². The van der Waals surface area contributed by atoms with E-state index in [2.05, 4.69) is 0 Å². The number of carbonyl (C=O) groups is 1. The molecule has 1 rings (SSSR count). The van der Waals surface area contributed by atoms with E-state index in [0.29, 0.717) is 13.0 Å². The van der Waals surface area contributed by atoms with Crippen LogP contribution in [-0.4, -0.2) is 23.8 Å². The van der Waals surface area contributed by atoms with Gasteiger partial charge in [0.05, 0.1) is 0 Å².